The lowest BCUT2D eigenvalue weighted by molar-refractivity contribution is 0.0824. The van der Waals surface area contributed by atoms with Crippen LogP contribution in [0.15, 0.2) is 24.3 Å². The summed E-state index contributed by atoms with van der Waals surface area (Å²) in [5.41, 5.74) is 0. The van der Waals surface area contributed by atoms with Crippen LogP contribution in [-0.2, 0) is 4.74 Å². The van der Waals surface area contributed by atoms with Crippen LogP contribution in [0.5, 0.6) is 11.5 Å². The molecule has 0 amide bonds. The normalized spacial score (nSPS) is 19.8. The molecule has 0 radical (unpaired) electrons. The lowest BCUT2D eigenvalue weighted by Crippen LogP contribution is -2.39. The number of hydrogen-bond acceptors (Lipinski definition) is 4. The molecule has 0 bridgehead atoms. The van der Waals surface area contributed by atoms with Crippen LogP contribution in [0, 0.1) is 0 Å². The predicted molar refractivity (Wildman–Crippen MR) is 79.5 cm³/mol. The van der Waals surface area contributed by atoms with E-state index in [2.05, 4.69) is 12.2 Å². The van der Waals surface area contributed by atoms with Crippen LogP contribution in [0.25, 0.3) is 0 Å². The summed E-state index contributed by atoms with van der Waals surface area (Å²) in [5.74, 6) is 1.61. The fraction of sp³-hybridized carbons (Fsp3) is 0.625. The van der Waals surface area contributed by atoms with Crippen molar-refractivity contribution in [3.05, 3.63) is 24.3 Å². The molecule has 1 aliphatic heterocycles. The molecule has 4 heteroatoms. The molecule has 0 aliphatic carbocycles. The molecule has 1 N–H and O–H groups in total. The zero-order chi connectivity index (χ0) is 14.2. The zero-order valence-corrected chi connectivity index (χ0v) is 12.4. The number of hydrogen-bond donors (Lipinski definition) is 1. The molecule has 1 aromatic rings. The SMILES string of the molecule is CCOc1ccccc1OCCNC(C)C1CCCO1. The second kappa shape index (κ2) is 8.12. The highest BCUT2D eigenvalue weighted by Crippen LogP contribution is 2.26. The first kappa shape index (κ1) is 15.1. The van der Waals surface area contributed by atoms with E-state index in [1.54, 1.807) is 0 Å². The number of benzene rings is 1. The zero-order valence-electron chi connectivity index (χ0n) is 12.4. The summed E-state index contributed by atoms with van der Waals surface area (Å²) in [7, 11) is 0. The van der Waals surface area contributed by atoms with E-state index in [1.165, 1.54) is 6.42 Å². The van der Waals surface area contributed by atoms with Gasteiger partial charge in [-0.1, -0.05) is 12.1 Å². The molecular formula is C16H25NO3. The molecule has 1 heterocycles. The monoisotopic (exact) mass is 279 g/mol. The third-order valence-corrected chi connectivity index (χ3v) is 3.50. The quantitative estimate of drug-likeness (QED) is 0.743. The predicted octanol–water partition coefficient (Wildman–Crippen LogP) is 2.62. The number of rotatable bonds is 8. The summed E-state index contributed by atoms with van der Waals surface area (Å²) in [4.78, 5) is 0. The Balaban J connectivity index is 1.70. The van der Waals surface area contributed by atoms with E-state index in [4.69, 9.17) is 14.2 Å². The molecule has 1 fully saturated rings. The van der Waals surface area contributed by atoms with Crippen LogP contribution in [0.2, 0.25) is 0 Å². The molecule has 0 saturated carbocycles. The Morgan fingerprint density at radius 2 is 2.05 bits per heavy atom. The van der Waals surface area contributed by atoms with Crippen molar-refractivity contribution in [3.63, 3.8) is 0 Å². The van der Waals surface area contributed by atoms with Crippen LogP contribution in [0.4, 0.5) is 0 Å². The fourth-order valence-electron chi connectivity index (χ4n) is 2.42. The van der Waals surface area contributed by atoms with Crippen LogP contribution in [0.1, 0.15) is 26.7 Å². The molecule has 1 aliphatic rings. The highest BCUT2D eigenvalue weighted by atomic mass is 16.5. The summed E-state index contributed by atoms with van der Waals surface area (Å²) in [6.45, 7) is 7.12. The Kier molecular flexibility index (Phi) is 6.15. The van der Waals surface area contributed by atoms with E-state index < -0.39 is 0 Å². The highest BCUT2D eigenvalue weighted by molar-refractivity contribution is 5.39. The Labute approximate surface area is 121 Å². The van der Waals surface area contributed by atoms with E-state index in [9.17, 15) is 0 Å². The topological polar surface area (TPSA) is 39.7 Å². The van der Waals surface area contributed by atoms with Gasteiger partial charge in [0.1, 0.15) is 6.61 Å². The average molecular weight is 279 g/mol. The third-order valence-electron chi connectivity index (χ3n) is 3.50. The molecule has 1 saturated heterocycles. The van der Waals surface area contributed by atoms with Crippen molar-refractivity contribution in [2.45, 2.75) is 38.8 Å². The molecule has 0 spiro atoms. The Hall–Kier alpha value is -1.26. The maximum Gasteiger partial charge on any atom is 0.161 e. The lowest BCUT2D eigenvalue weighted by atomic mass is 10.1. The molecule has 20 heavy (non-hydrogen) atoms. The van der Waals surface area contributed by atoms with Crippen LogP contribution in [0.3, 0.4) is 0 Å². The van der Waals surface area contributed by atoms with Gasteiger partial charge in [0.25, 0.3) is 0 Å². The number of ether oxygens (including phenoxy) is 3. The Bertz CT molecular complexity index is 391. The van der Waals surface area contributed by atoms with Crippen molar-refractivity contribution in [3.8, 4) is 11.5 Å². The van der Waals surface area contributed by atoms with Crippen LogP contribution >= 0.6 is 0 Å². The maximum atomic E-state index is 5.77. The summed E-state index contributed by atoms with van der Waals surface area (Å²) < 4.78 is 17.0. The van der Waals surface area contributed by atoms with Gasteiger partial charge in [0, 0.05) is 19.2 Å². The first-order valence-corrected chi connectivity index (χ1v) is 7.51. The summed E-state index contributed by atoms with van der Waals surface area (Å²) in [5, 5.41) is 3.46. The van der Waals surface area contributed by atoms with E-state index in [-0.39, 0.29) is 0 Å². The minimum Gasteiger partial charge on any atom is -0.490 e. The first-order valence-electron chi connectivity index (χ1n) is 7.51. The molecular weight excluding hydrogens is 254 g/mol. The lowest BCUT2D eigenvalue weighted by Gasteiger charge is -2.20. The molecule has 112 valence electrons. The van der Waals surface area contributed by atoms with Gasteiger partial charge in [0.15, 0.2) is 11.5 Å². The highest BCUT2D eigenvalue weighted by Gasteiger charge is 2.21. The van der Waals surface area contributed by atoms with Gasteiger partial charge in [-0.25, -0.2) is 0 Å². The van der Waals surface area contributed by atoms with Gasteiger partial charge in [0.05, 0.1) is 12.7 Å². The van der Waals surface area contributed by atoms with Crippen molar-refractivity contribution >= 4 is 0 Å². The third kappa shape index (κ3) is 4.39. The van der Waals surface area contributed by atoms with Crippen molar-refractivity contribution in [2.75, 3.05) is 26.4 Å². The van der Waals surface area contributed by atoms with E-state index in [0.717, 1.165) is 31.1 Å². The fourth-order valence-corrected chi connectivity index (χ4v) is 2.42. The Morgan fingerprint density at radius 3 is 2.70 bits per heavy atom. The summed E-state index contributed by atoms with van der Waals surface area (Å²) >= 11 is 0. The van der Waals surface area contributed by atoms with E-state index in [0.29, 0.717) is 25.4 Å². The minimum atomic E-state index is 0.353. The van der Waals surface area contributed by atoms with Crippen molar-refractivity contribution in [1.29, 1.82) is 0 Å². The molecule has 2 atom stereocenters. The van der Waals surface area contributed by atoms with E-state index >= 15 is 0 Å². The van der Waals surface area contributed by atoms with Crippen molar-refractivity contribution in [1.82, 2.24) is 5.32 Å². The molecule has 4 nitrogen and oxygen atoms in total. The standard InChI is InChI=1S/C16H25NO3/c1-3-18-15-7-4-5-8-16(15)20-12-10-17-13(2)14-9-6-11-19-14/h4-5,7-8,13-14,17H,3,6,9-12H2,1-2H3. The van der Waals surface area contributed by atoms with Crippen LogP contribution < -0.4 is 14.8 Å². The average Bonchev–Trinajstić information content (AvgIpc) is 2.99. The van der Waals surface area contributed by atoms with Gasteiger partial charge in [-0.2, -0.15) is 0 Å². The second-order valence-electron chi connectivity index (χ2n) is 5.02. The number of nitrogens with one attached hydrogen (secondary N) is 1. The van der Waals surface area contributed by atoms with Crippen molar-refractivity contribution in [2.24, 2.45) is 0 Å². The minimum absolute atomic E-state index is 0.353. The van der Waals surface area contributed by atoms with Crippen LogP contribution in [-0.4, -0.2) is 38.5 Å². The van der Waals surface area contributed by atoms with Gasteiger partial charge in [-0.15, -0.1) is 0 Å². The van der Waals surface area contributed by atoms with Crippen molar-refractivity contribution < 1.29 is 14.2 Å². The van der Waals surface area contributed by atoms with Gasteiger partial charge >= 0.3 is 0 Å². The molecule has 2 rings (SSSR count). The van der Waals surface area contributed by atoms with Gasteiger partial charge in [-0.3, -0.25) is 0 Å². The smallest absolute Gasteiger partial charge is 0.161 e. The van der Waals surface area contributed by atoms with Gasteiger partial charge < -0.3 is 19.5 Å². The maximum absolute atomic E-state index is 5.77. The Morgan fingerprint density at radius 1 is 1.30 bits per heavy atom. The largest absolute Gasteiger partial charge is 0.490 e. The second-order valence-corrected chi connectivity index (χ2v) is 5.02. The van der Waals surface area contributed by atoms with Gasteiger partial charge in [-0.05, 0) is 38.8 Å². The van der Waals surface area contributed by atoms with Gasteiger partial charge in [0.2, 0.25) is 0 Å². The molecule has 2 unspecified atom stereocenters. The molecule has 1 aromatic carbocycles. The summed E-state index contributed by atoms with van der Waals surface area (Å²) in [6.07, 6.45) is 2.68. The molecule has 0 aromatic heterocycles. The number of para-hydroxylation sites is 2. The van der Waals surface area contributed by atoms with E-state index in [1.807, 2.05) is 31.2 Å². The first-order chi connectivity index (χ1) is 9.81. The summed E-state index contributed by atoms with van der Waals surface area (Å²) in [6, 6.07) is 8.16.